The minimum absolute atomic E-state index is 0.0100. The van der Waals surface area contributed by atoms with Crippen molar-refractivity contribution < 1.29 is 14.4 Å². The fourth-order valence-electron chi connectivity index (χ4n) is 1.63. The first-order chi connectivity index (χ1) is 7.69. The third-order valence-corrected chi connectivity index (χ3v) is 2.39. The molecule has 0 aliphatic carbocycles. The predicted molar refractivity (Wildman–Crippen MR) is 59.1 cm³/mol. The van der Waals surface area contributed by atoms with Gasteiger partial charge in [-0.2, -0.15) is 0 Å². The molecule has 0 N–H and O–H groups in total. The molecule has 0 saturated carbocycles. The summed E-state index contributed by atoms with van der Waals surface area (Å²) >= 11 is 0. The molecule has 0 atom stereocenters. The lowest BCUT2D eigenvalue weighted by molar-refractivity contribution is -0.673. The van der Waals surface area contributed by atoms with Crippen LogP contribution in [0.1, 0.15) is 0 Å². The summed E-state index contributed by atoms with van der Waals surface area (Å²) in [4.78, 5) is 0. The molecule has 1 aromatic carbocycles. The number of aryl methyl sites for hydroxylation is 1. The highest BCUT2D eigenvalue weighted by atomic mass is 16.5. The summed E-state index contributed by atoms with van der Waals surface area (Å²) in [6.07, 6.45) is 3.47. The second kappa shape index (κ2) is 4.23. The van der Waals surface area contributed by atoms with Crippen LogP contribution in [-0.4, -0.2) is 7.11 Å². The van der Waals surface area contributed by atoms with Gasteiger partial charge in [0, 0.05) is 5.56 Å². The fraction of sp³-hybridized carbons (Fsp3) is 0.154. The van der Waals surface area contributed by atoms with Crippen LogP contribution < -0.4 is 14.4 Å². The van der Waals surface area contributed by atoms with Gasteiger partial charge in [-0.25, -0.2) is 4.57 Å². The Hall–Kier alpha value is -2.03. The van der Waals surface area contributed by atoms with E-state index in [0.29, 0.717) is 0 Å². The van der Waals surface area contributed by atoms with Crippen LogP contribution in [0.5, 0.6) is 11.5 Å². The second-order valence-electron chi connectivity index (χ2n) is 3.65. The van der Waals surface area contributed by atoms with Crippen molar-refractivity contribution in [2.24, 2.45) is 7.05 Å². The quantitative estimate of drug-likeness (QED) is 0.707. The highest BCUT2D eigenvalue weighted by Crippen LogP contribution is 2.22. The number of hydrogen-bond donors (Lipinski definition) is 0. The van der Waals surface area contributed by atoms with Crippen molar-refractivity contribution in [3.05, 3.63) is 42.7 Å². The summed E-state index contributed by atoms with van der Waals surface area (Å²) in [6, 6.07) is 9.27. The van der Waals surface area contributed by atoms with Crippen molar-refractivity contribution >= 4 is 0 Å². The lowest BCUT2D eigenvalue weighted by Crippen LogP contribution is -2.27. The normalized spacial score (nSPS) is 10.1. The second-order valence-corrected chi connectivity index (χ2v) is 3.65. The van der Waals surface area contributed by atoms with Crippen LogP contribution in [0.4, 0.5) is 0 Å². The van der Waals surface area contributed by atoms with Crippen molar-refractivity contribution in [3.63, 3.8) is 0 Å². The number of nitrogens with zero attached hydrogens (tertiary/aromatic N) is 1. The minimum atomic E-state index is 0.0100. The minimum Gasteiger partial charge on any atom is -0.868 e. The van der Waals surface area contributed by atoms with Crippen LogP contribution in [0.2, 0.25) is 0 Å². The lowest BCUT2D eigenvalue weighted by atomic mass is 10.1. The molecule has 0 aliphatic heterocycles. The molecule has 16 heavy (non-hydrogen) atoms. The highest BCUT2D eigenvalue weighted by molar-refractivity contribution is 5.63. The zero-order valence-electron chi connectivity index (χ0n) is 9.31. The maximum atomic E-state index is 11.4. The standard InChI is InChI=1S/C13H13NO2/c1-14-8-11(7-12(15)9-14)10-3-5-13(16-2)6-4-10/h3-9H,1-2H3. The summed E-state index contributed by atoms with van der Waals surface area (Å²) in [6.45, 7) is 0. The molecule has 3 nitrogen and oxygen atoms in total. The van der Waals surface area contributed by atoms with E-state index in [2.05, 4.69) is 0 Å². The van der Waals surface area contributed by atoms with Gasteiger partial charge < -0.3 is 9.84 Å². The van der Waals surface area contributed by atoms with Gasteiger partial charge in [0.05, 0.1) is 7.11 Å². The van der Waals surface area contributed by atoms with E-state index >= 15 is 0 Å². The Morgan fingerprint density at radius 2 is 1.75 bits per heavy atom. The van der Waals surface area contributed by atoms with Crippen molar-refractivity contribution in [1.82, 2.24) is 0 Å². The SMILES string of the molecule is COc1ccc(-c2cc([O-])c[n+](C)c2)cc1. The largest absolute Gasteiger partial charge is 0.868 e. The maximum absolute atomic E-state index is 11.4. The summed E-state index contributed by atoms with van der Waals surface area (Å²) in [7, 11) is 3.47. The molecule has 3 heteroatoms. The first-order valence-electron chi connectivity index (χ1n) is 5.01. The number of hydrogen-bond acceptors (Lipinski definition) is 2. The molecule has 1 aromatic heterocycles. The van der Waals surface area contributed by atoms with Crippen LogP contribution >= 0.6 is 0 Å². The van der Waals surface area contributed by atoms with E-state index in [0.717, 1.165) is 16.9 Å². The predicted octanol–water partition coefficient (Wildman–Crippen LogP) is 1.26. The molecule has 82 valence electrons. The average Bonchev–Trinajstić information content (AvgIpc) is 2.28. The monoisotopic (exact) mass is 215 g/mol. The summed E-state index contributed by atoms with van der Waals surface area (Å²) in [5.41, 5.74) is 1.92. The zero-order chi connectivity index (χ0) is 11.5. The van der Waals surface area contributed by atoms with E-state index in [1.54, 1.807) is 23.9 Å². The van der Waals surface area contributed by atoms with Crippen LogP contribution in [0.25, 0.3) is 11.1 Å². The molecule has 0 amide bonds. The van der Waals surface area contributed by atoms with Crippen molar-refractivity contribution in [1.29, 1.82) is 0 Å². The van der Waals surface area contributed by atoms with Crippen LogP contribution in [0.15, 0.2) is 42.7 Å². The molecule has 0 bridgehead atoms. The van der Waals surface area contributed by atoms with Gasteiger partial charge in [-0.05, 0) is 23.4 Å². The number of methoxy groups -OCH3 is 1. The summed E-state index contributed by atoms with van der Waals surface area (Å²) < 4.78 is 6.85. The molecule has 0 spiro atoms. The van der Waals surface area contributed by atoms with Crippen molar-refractivity contribution in [3.8, 4) is 22.6 Å². The fourth-order valence-corrected chi connectivity index (χ4v) is 1.63. The van der Waals surface area contributed by atoms with E-state index < -0.39 is 0 Å². The van der Waals surface area contributed by atoms with Gasteiger partial charge in [-0.3, -0.25) is 0 Å². The Kier molecular flexibility index (Phi) is 2.77. The molecule has 0 aliphatic rings. The van der Waals surface area contributed by atoms with Gasteiger partial charge in [0.2, 0.25) is 0 Å². The third-order valence-electron chi connectivity index (χ3n) is 2.39. The molecular formula is C13H13NO2. The van der Waals surface area contributed by atoms with E-state index in [4.69, 9.17) is 4.74 Å². The molecule has 2 aromatic rings. The molecule has 2 rings (SSSR count). The maximum Gasteiger partial charge on any atom is 0.176 e. The van der Waals surface area contributed by atoms with E-state index in [1.165, 1.54) is 0 Å². The topological polar surface area (TPSA) is 36.2 Å². The highest BCUT2D eigenvalue weighted by Gasteiger charge is 2.02. The van der Waals surface area contributed by atoms with E-state index in [1.807, 2.05) is 37.5 Å². The Balaban J connectivity index is 2.42. The van der Waals surface area contributed by atoms with Crippen molar-refractivity contribution in [2.45, 2.75) is 0 Å². The smallest absolute Gasteiger partial charge is 0.176 e. The first-order valence-corrected chi connectivity index (χ1v) is 5.01. The van der Waals surface area contributed by atoms with Gasteiger partial charge in [-0.15, -0.1) is 0 Å². The van der Waals surface area contributed by atoms with Crippen molar-refractivity contribution in [2.75, 3.05) is 7.11 Å². The van der Waals surface area contributed by atoms with Crippen LogP contribution in [0, 0.1) is 0 Å². The van der Waals surface area contributed by atoms with Gasteiger partial charge >= 0.3 is 0 Å². The van der Waals surface area contributed by atoms with Gasteiger partial charge in [0.15, 0.2) is 12.4 Å². The molecular weight excluding hydrogens is 202 g/mol. The number of rotatable bonds is 2. The van der Waals surface area contributed by atoms with E-state index in [-0.39, 0.29) is 5.75 Å². The molecule has 0 radical (unpaired) electrons. The lowest BCUT2D eigenvalue weighted by Gasteiger charge is -2.06. The Labute approximate surface area is 94.6 Å². The molecule has 1 heterocycles. The van der Waals surface area contributed by atoms with Crippen LogP contribution in [0.3, 0.4) is 0 Å². The van der Waals surface area contributed by atoms with Gasteiger partial charge in [-0.1, -0.05) is 18.2 Å². The number of ether oxygens (including phenoxy) is 1. The van der Waals surface area contributed by atoms with E-state index in [9.17, 15) is 5.11 Å². The average molecular weight is 215 g/mol. The molecule has 0 unspecified atom stereocenters. The number of aromatic nitrogens is 1. The Morgan fingerprint density at radius 3 is 2.31 bits per heavy atom. The zero-order valence-corrected chi connectivity index (χ0v) is 9.31. The van der Waals surface area contributed by atoms with Gasteiger partial charge in [0.25, 0.3) is 0 Å². The summed E-state index contributed by atoms with van der Waals surface area (Å²) in [5.74, 6) is 0.822. The number of pyridine rings is 1. The summed E-state index contributed by atoms with van der Waals surface area (Å²) in [5, 5.41) is 11.4. The first kappa shape index (κ1) is 10.5. The third kappa shape index (κ3) is 2.14. The van der Waals surface area contributed by atoms with Gasteiger partial charge in [0.1, 0.15) is 12.8 Å². The Bertz CT molecular complexity index is 472. The molecule has 0 saturated heterocycles. The Morgan fingerprint density at radius 1 is 1.06 bits per heavy atom. The number of benzene rings is 1. The van der Waals surface area contributed by atoms with Crippen LogP contribution in [-0.2, 0) is 7.05 Å². The molecule has 0 fully saturated rings.